The van der Waals surface area contributed by atoms with Crippen molar-refractivity contribution in [1.82, 2.24) is 18.8 Å². The highest BCUT2D eigenvalue weighted by Crippen LogP contribution is 2.23. The summed E-state index contributed by atoms with van der Waals surface area (Å²) in [4.78, 5) is 18.5. The average Bonchev–Trinajstić information content (AvgIpc) is 2.95. The zero-order valence-electron chi connectivity index (χ0n) is 16.8. The van der Waals surface area contributed by atoms with Gasteiger partial charge in [0.05, 0.1) is 4.90 Å². The molecule has 0 unspecified atom stereocenters. The van der Waals surface area contributed by atoms with Gasteiger partial charge in [-0.1, -0.05) is 6.07 Å². The Kier molecular flexibility index (Phi) is 6.69. The molecule has 29 heavy (non-hydrogen) atoms. The molecule has 9 heteroatoms. The van der Waals surface area contributed by atoms with Crippen molar-refractivity contribution in [3.8, 4) is 0 Å². The van der Waals surface area contributed by atoms with Crippen LogP contribution < -0.4 is 0 Å². The fourth-order valence-corrected chi connectivity index (χ4v) is 5.14. The predicted octanol–water partition coefficient (Wildman–Crippen LogP) is 2.42. The quantitative estimate of drug-likeness (QED) is 0.717. The van der Waals surface area contributed by atoms with E-state index in [2.05, 4.69) is 4.98 Å². The summed E-state index contributed by atoms with van der Waals surface area (Å²) in [6.45, 7) is 3.61. The molecule has 1 aromatic carbocycles. The highest BCUT2D eigenvalue weighted by molar-refractivity contribution is 7.89. The number of sulfonamides is 1. The maximum atomic E-state index is 13.5. The Balaban J connectivity index is 1.60. The lowest BCUT2D eigenvalue weighted by atomic mass is 10.1. The van der Waals surface area contributed by atoms with Gasteiger partial charge in [0, 0.05) is 51.5 Å². The number of rotatable bonds is 6. The lowest BCUT2D eigenvalue weighted by Gasteiger charge is -2.27. The van der Waals surface area contributed by atoms with Crippen molar-refractivity contribution >= 4 is 15.9 Å². The molecule has 0 aliphatic carbocycles. The molecule has 1 fully saturated rings. The molecule has 0 spiro atoms. The fraction of sp³-hybridized carbons (Fsp3) is 0.500. The van der Waals surface area contributed by atoms with Crippen LogP contribution in [0.25, 0.3) is 0 Å². The zero-order valence-corrected chi connectivity index (χ0v) is 17.6. The SMILES string of the molecule is Cc1nccn1CCC(=O)N1CCC[C@@H](N(C)S(=O)(=O)c2cccc(F)c2)CC1. The van der Waals surface area contributed by atoms with Gasteiger partial charge in [0.2, 0.25) is 15.9 Å². The standard InChI is InChI=1S/C20H27FN4O3S/c1-16-22-10-14-24(16)13-9-20(26)25-11-4-6-18(8-12-25)23(2)29(27,28)19-7-3-5-17(21)15-19/h3,5,7,10,14-15,18H,4,6,8-9,11-13H2,1-2H3/t18-/m1/s1. The Labute approximate surface area is 171 Å². The van der Waals surface area contributed by atoms with Crippen LogP contribution in [0, 0.1) is 12.7 Å². The van der Waals surface area contributed by atoms with Gasteiger partial charge in [-0.25, -0.2) is 17.8 Å². The number of aryl methyl sites for hydroxylation is 2. The fourth-order valence-electron chi connectivity index (χ4n) is 3.70. The van der Waals surface area contributed by atoms with Crippen LogP contribution in [0.3, 0.4) is 0 Å². The van der Waals surface area contributed by atoms with E-state index in [1.54, 1.807) is 6.20 Å². The number of likely N-dealkylation sites (tertiary alicyclic amines) is 1. The molecule has 1 aliphatic rings. The van der Waals surface area contributed by atoms with E-state index in [0.717, 1.165) is 18.3 Å². The largest absolute Gasteiger partial charge is 0.343 e. The highest BCUT2D eigenvalue weighted by atomic mass is 32.2. The molecule has 0 radical (unpaired) electrons. The minimum absolute atomic E-state index is 0.0483. The zero-order chi connectivity index (χ0) is 21.0. The predicted molar refractivity (Wildman–Crippen MR) is 107 cm³/mol. The molecule has 0 bridgehead atoms. The van der Waals surface area contributed by atoms with Crippen LogP contribution in [0.2, 0.25) is 0 Å². The number of carbonyl (C=O) groups is 1. The number of imidazole rings is 1. The summed E-state index contributed by atoms with van der Waals surface area (Å²) in [5, 5.41) is 0. The number of benzene rings is 1. The molecule has 0 N–H and O–H groups in total. The van der Waals surface area contributed by atoms with Crippen molar-refractivity contribution in [2.75, 3.05) is 20.1 Å². The molecule has 2 heterocycles. The van der Waals surface area contributed by atoms with Crippen LogP contribution >= 0.6 is 0 Å². The number of nitrogens with zero attached hydrogens (tertiary/aromatic N) is 4. The van der Waals surface area contributed by atoms with Crippen molar-refractivity contribution < 1.29 is 17.6 Å². The summed E-state index contributed by atoms with van der Waals surface area (Å²) in [6, 6.07) is 4.83. The minimum Gasteiger partial charge on any atom is -0.343 e. The highest BCUT2D eigenvalue weighted by Gasteiger charge is 2.30. The second-order valence-corrected chi connectivity index (χ2v) is 9.36. The molecule has 7 nitrogen and oxygen atoms in total. The van der Waals surface area contributed by atoms with E-state index in [1.165, 1.54) is 29.6 Å². The summed E-state index contributed by atoms with van der Waals surface area (Å²) >= 11 is 0. The molecule has 3 rings (SSSR count). The second-order valence-electron chi connectivity index (χ2n) is 7.36. The van der Waals surface area contributed by atoms with Gasteiger partial charge >= 0.3 is 0 Å². The normalized spacial score (nSPS) is 18.1. The molecular formula is C20H27FN4O3S. The van der Waals surface area contributed by atoms with Gasteiger partial charge in [-0.05, 0) is 44.4 Å². The third-order valence-corrected chi connectivity index (χ3v) is 7.43. The summed E-state index contributed by atoms with van der Waals surface area (Å²) < 4.78 is 42.4. The number of amides is 1. The Morgan fingerprint density at radius 3 is 2.79 bits per heavy atom. The first-order chi connectivity index (χ1) is 13.8. The number of halogens is 1. The Morgan fingerprint density at radius 2 is 2.10 bits per heavy atom. The summed E-state index contributed by atoms with van der Waals surface area (Å²) in [5.74, 6) is 0.359. The molecule has 1 saturated heterocycles. The van der Waals surface area contributed by atoms with E-state index in [9.17, 15) is 17.6 Å². The van der Waals surface area contributed by atoms with Gasteiger partial charge in [0.15, 0.2) is 0 Å². The lowest BCUT2D eigenvalue weighted by Crippen LogP contribution is -2.38. The monoisotopic (exact) mass is 422 g/mol. The van der Waals surface area contributed by atoms with Crippen LogP contribution in [0.1, 0.15) is 31.5 Å². The number of hydrogen-bond acceptors (Lipinski definition) is 4. The number of hydrogen-bond donors (Lipinski definition) is 0. The number of carbonyl (C=O) groups excluding carboxylic acids is 1. The van der Waals surface area contributed by atoms with Gasteiger partial charge in [0.1, 0.15) is 11.6 Å². The second kappa shape index (κ2) is 9.04. The van der Waals surface area contributed by atoms with E-state index in [1.807, 2.05) is 22.6 Å². The maximum Gasteiger partial charge on any atom is 0.243 e. The molecule has 2 aromatic rings. The molecule has 158 valence electrons. The third-order valence-electron chi connectivity index (χ3n) is 5.53. The minimum atomic E-state index is -3.78. The van der Waals surface area contributed by atoms with E-state index in [-0.39, 0.29) is 16.8 Å². The molecular weight excluding hydrogens is 395 g/mol. The van der Waals surface area contributed by atoms with E-state index in [4.69, 9.17) is 0 Å². The van der Waals surface area contributed by atoms with Crippen molar-refractivity contribution in [2.45, 2.75) is 50.1 Å². The van der Waals surface area contributed by atoms with Crippen LogP contribution in [-0.2, 0) is 21.4 Å². The first kappa shape index (κ1) is 21.4. The smallest absolute Gasteiger partial charge is 0.243 e. The molecule has 0 saturated carbocycles. The average molecular weight is 423 g/mol. The van der Waals surface area contributed by atoms with Crippen LogP contribution in [0.15, 0.2) is 41.6 Å². The summed E-state index contributed by atoms with van der Waals surface area (Å²) in [6.07, 6.45) is 5.90. The van der Waals surface area contributed by atoms with E-state index < -0.39 is 15.8 Å². The Morgan fingerprint density at radius 1 is 1.31 bits per heavy atom. The van der Waals surface area contributed by atoms with Crippen molar-refractivity contribution in [3.63, 3.8) is 0 Å². The van der Waals surface area contributed by atoms with Gasteiger partial charge in [-0.2, -0.15) is 4.31 Å². The Hall–Kier alpha value is -2.26. The van der Waals surface area contributed by atoms with Crippen molar-refractivity contribution in [2.24, 2.45) is 0 Å². The maximum absolute atomic E-state index is 13.5. The first-order valence-electron chi connectivity index (χ1n) is 9.78. The van der Waals surface area contributed by atoms with E-state index in [0.29, 0.717) is 38.9 Å². The molecule has 1 atom stereocenters. The van der Waals surface area contributed by atoms with Crippen LogP contribution in [0.5, 0.6) is 0 Å². The topological polar surface area (TPSA) is 75.5 Å². The van der Waals surface area contributed by atoms with Crippen LogP contribution in [0.4, 0.5) is 4.39 Å². The first-order valence-corrected chi connectivity index (χ1v) is 11.2. The molecule has 1 aliphatic heterocycles. The van der Waals surface area contributed by atoms with Gasteiger partial charge < -0.3 is 9.47 Å². The van der Waals surface area contributed by atoms with Crippen molar-refractivity contribution in [1.29, 1.82) is 0 Å². The van der Waals surface area contributed by atoms with Gasteiger partial charge in [-0.15, -0.1) is 0 Å². The molecule has 1 aromatic heterocycles. The number of aromatic nitrogens is 2. The van der Waals surface area contributed by atoms with Crippen molar-refractivity contribution in [3.05, 3.63) is 48.3 Å². The van der Waals surface area contributed by atoms with E-state index >= 15 is 0 Å². The molecule has 1 amide bonds. The Bertz CT molecular complexity index is 960. The van der Waals surface area contributed by atoms with Crippen LogP contribution in [-0.4, -0.2) is 59.3 Å². The summed E-state index contributed by atoms with van der Waals surface area (Å²) in [7, 11) is -2.25. The third kappa shape index (κ3) is 5.02. The van der Waals surface area contributed by atoms with Gasteiger partial charge in [0.25, 0.3) is 0 Å². The van der Waals surface area contributed by atoms with Gasteiger partial charge in [-0.3, -0.25) is 4.79 Å². The lowest BCUT2D eigenvalue weighted by molar-refractivity contribution is -0.131. The summed E-state index contributed by atoms with van der Waals surface area (Å²) in [5.41, 5.74) is 0.